The molecule has 0 unspecified atom stereocenters. The smallest absolute Gasteiger partial charge is 0.324 e. The van der Waals surface area contributed by atoms with E-state index in [1.807, 2.05) is 0 Å². The van der Waals surface area contributed by atoms with Gasteiger partial charge in [-0.1, -0.05) is 17.7 Å². The molecule has 1 aromatic heterocycles. The fourth-order valence-corrected chi connectivity index (χ4v) is 3.02. The predicted octanol–water partition coefficient (Wildman–Crippen LogP) is 3.74. The van der Waals surface area contributed by atoms with Crippen LogP contribution >= 0.6 is 11.6 Å². The summed E-state index contributed by atoms with van der Waals surface area (Å²) < 4.78 is 11.0. The van der Waals surface area contributed by atoms with E-state index in [2.05, 4.69) is 25.8 Å². The van der Waals surface area contributed by atoms with Crippen molar-refractivity contribution in [3.05, 3.63) is 53.0 Å². The molecule has 1 aliphatic heterocycles. The van der Waals surface area contributed by atoms with Gasteiger partial charge in [0.1, 0.15) is 11.6 Å². The van der Waals surface area contributed by atoms with Crippen molar-refractivity contribution in [2.24, 2.45) is 0 Å². The Morgan fingerprint density at radius 3 is 2.75 bits per heavy atom. The van der Waals surface area contributed by atoms with Gasteiger partial charge in [0.2, 0.25) is 5.69 Å². The number of aromatic nitrogens is 1. The van der Waals surface area contributed by atoms with Crippen LogP contribution in [0.1, 0.15) is 6.42 Å². The second-order valence-electron chi connectivity index (χ2n) is 6.77. The number of morpholine rings is 1. The third-order valence-corrected chi connectivity index (χ3v) is 4.70. The first-order valence-electron chi connectivity index (χ1n) is 9.99. The zero-order chi connectivity index (χ0) is 22.8. The van der Waals surface area contributed by atoms with E-state index in [9.17, 15) is 9.59 Å². The normalized spacial score (nSPS) is 13.1. The Hall–Kier alpha value is -3.55. The first-order valence-corrected chi connectivity index (χ1v) is 10.4. The summed E-state index contributed by atoms with van der Waals surface area (Å²) in [5, 5.41) is 8.56. The average molecular weight is 459 g/mol. The van der Waals surface area contributed by atoms with Gasteiger partial charge in [0.15, 0.2) is 0 Å². The summed E-state index contributed by atoms with van der Waals surface area (Å²) in [6, 6.07) is 7.34. The summed E-state index contributed by atoms with van der Waals surface area (Å²) in [4.78, 5) is 33.3. The van der Waals surface area contributed by atoms with Gasteiger partial charge >= 0.3 is 12.1 Å². The van der Waals surface area contributed by atoms with Crippen molar-refractivity contribution in [2.75, 3.05) is 50.1 Å². The maximum absolute atomic E-state index is 12.3. The van der Waals surface area contributed by atoms with E-state index in [1.165, 1.54) is 12.3 Å². The Morgan fingerprint density at radius 1 is 1.22 bits per heavy atom. The maximum Gasteiger partial charge on any atom is 0.324 e. The molecule has 3 N–H and O–H groups in total. The lowest BCUT2D eigenvalue weighted by molar-refractivity contribution is 0.0532. The molecule has 0 saturated carbocycles. The van der Waals surface area contributed by atoms with Crippen molar-refractivity contribution < 1.29 is 19.1 Å². The molecular weight excluding hydrogens is 436 g/mol. The number of rotatable bonds is 7. The minimum absolute atomic E-state index is 0.114. The quantitative estimate of drug-likeness (QED) is 0.432. The number of benzene rings is 1. The fourth-order valence-electron chi connectivity index (χ4n) is 2.85. The number of nitrogens with one attached hydrogen (secondary N) is 3. The highest BCUT2D eigenvalue weighted by molar-refractivity contribution is 6.31. The summed E-state index contributed by atoms with van der Waals surface area (Å²) in [5.41, 5.74) is 0.771. The second kappa shape index (κ2) is 11.7. The Balaban J connectivity index is 1.46. The molecule has 1 aliphatic rings. The molecule has 2 aromatic rings. The summed E-state index contributed by atoms with van der Waals surface area (Å²) in [5.74, 6) is 0.746. The number of halogens is 1. The number of urea groups is 2. The number of hydrogen-bond donors (Lipinski definition) is 3. The number of carbonyl (C=O) groups excluding carboxylic acids is 2. The van der Waals surface area contributed by atoms with Crippen molar-refractivity contribution in [3.63, 3.8) is 0 Å². The van der Waals surface area contributed by atoms with Gasteiger partial charge in [-0.2, -0.15) is 0 Å². The molecule has 1 fully saturated rings. The van der Waals surface area contributed by atoms with Crippen LogP contribution in [0.5, 0.6) is 5.75 Å². The molecule has 0 radical (unpaired) electrons. The molecule has 11 heteroatoms. The molecule has 3 rings (SSSR count). The molecule has 32 heavy (non-hydrogen) atoms. The SMILES string of the molecule is [C-]#[N+]c1ccc(NC(=O)Nc2cc(Cl)ccc2OCCCNC(=O)N2CCOCC2)nc1. The Bertz CT molecular complexity index is 973. The molecule has 168 valence electrons. The van der Waals surface area contributed by atoms with Gasteiger partial charge in [0.05, 0.1) is 32.1 Å². The van der Waals surface area contributed by atoms with Crippen LogP contribution in [-0.4, -0.2) is 61.4 Å². The molecular formula is C21H23ClN6O4. The van der Waals surface area contributed by atoms with E-state index in [-0.39, 0.29) is 6.03 Å². The van der Waals surface area contributed by atoms with Crippen molar-refractivity contribution in [3.8, 4) is 5.75 Å². The summed E-state index contributed by atoms with van der Waals surface area (Å²) in [6.45, 7) is 10.0. The molecule has 1 aromatic carbocycles. The third kappa shape index (κ3) is 7.01. The molecule has 0 bridgehead atoms. The van der Waals surface area contributed by atoms with Crippen LogP contribution in [0, 0.1) is 6.57 Å². The van der Waals surface area contributed by atoms with Crippen LogP contribution in [0.25, 0.3) is 4.85 Å². The fraction of sp³-hybridized carbons (Fsp3) is 0.333. The van der Waals surface area contributed by atoms with Gasteiger partial charge in [0.25, 0.3) is 0 Å². The number of hydrogen-bond acceptors (Lipinski definition) is 5. The zero-order valence-corrected chi connectivity index (χ0v) is 18.0. The van der Waals surface area contributed by atoms with Crippen molar-refractivity contribution >= 4 is 40.9 Å². The Labute approximate surface area is 190 Å². The van der Waals surface area contributed by atoms with Gasteiger partial charge in [0, 0.05) is 30.9 Å². The lowest BCUT2D eigenvalue weighted by Gasteiger charge is -2.26. The summed E-state index contributed by atoms with van der Waals surface area (Å²) in [7, 11) is 0. The summed E-state index contributed by atoms with van der Waals surface area (Å²) in [6.07, 6.45) is 1.95. The number of pyridine rings is 1. The molecule has 0 atom stereocenters. The molecule has 0 aliphatic carbocycles. The number of amides is 4. The average Bonchev–Trinajstić information content (AvgIpc) is 2.81. The number of ether oxygens (including phenoxy) is 2. The van der Waals surface area contributed by atoms with Crippen LogP contribution in [0.3, 0.4) is 0 Å². The predicted molar refractivity (Wildman–Crippen MR) is 120 cm³/mol. The van der Waals surface area contributed by atoms with E-state index in [0.717, 1.165) is 0 Å². The van der Waals surface area contributed by atoms with Gasteiger partial charge < -0.3 is 25.0 Å². The Morgan fingerprint density at radius 2 is 2.03 bits per heavy atom. The number of carbonyl (C=O) groups is 2. The standard InChI is InChI=1S/C21H23ClN6O4/c1-23-16-4-6-19(25-14-16)27-20(29)26-17-13-15(22)3-5-18(17)32-10-2-7-24-21(30)28-8-11-31-12-9-28/h3-6,13-14H,2,7-12H2,(H,24,30)(H2,25,26,27,29). The van der Waals surface area contributed by atoms with Gasteiger partial charge in [-0.3, -0.25) is 10.3 Å². The van der Waals surface area contributed by atoms with Crippen LogP contribution in [-0.2, 0) is 4.74 Å². The van der Waals surface area contributed by atoms with Crippen molar-refractivity contribution in [1.82, 2.24) is 15.2 Å². The van der Waals surface area contributed by atoms with Crippen LogP contribution in [0.2, 0.25) is 5.02 Å². The first kappa shape index (κ1) is 23.1. The van der Waals surface area contributed by atoms with Crippen LogP contribution in [0.15, 0.2) is 36.5 Å². The van der Waals surface area contributed by atoms with Crippen molar-refractivity contribution in [2.45, 2.75) is 6.42 Å². The lowest BCUT2D eigenvalue weighted by Crippen LogP contribution is -2.46. The molecule has 10 nitrogen and oxygen atoms in total. The van der Waals surface area contributed by atoms with E-state index in [1.54, 1.807) is 29.2 Å². The molecule has 4 amide bonds. The van der Waals surface area contributed by atoms with E-state index >= 15 is 0 Å². The van der Waals surface area contributed by atoms with Gasteiger partial charge in [-0.15, -0.1) is 0 Å². The molecule has 2 heterocycles. The van der Waals surface area contributed by atoms with Gasteiger partial charge in [-0.05, 0) is 30.7 Å². The Kier molecular flexibility index (Phi) is 8.48. The van der Waals surface area contributed by atoms with Gasteiger partial charge in [-0.25, -0.2) is 14.4 Å². The summed E-state index contributed by atoms with van der Waals surface area (Å²) >= 11 is 6.06. The van der Waals surface area contributed by atoms with E-state index < -0.39 is 6.03 Å². The highest BCUT2D eigenvalue weighted by atomic mass is 35.5. The molecule has 0 spiro atoms. The zero-order valence-electron chi connectivity index (χ0n) is 17.3. The maximum atomic E-state index is 12.3. The highest BCUT2D eigenvalue weighted by Crippen LogP contribution is 2.28. The van der Waals surface area contributed by atoms with E-state index in [4.69, 9.17) is 27.6 Å². The second-order valence-corrected chi connectivity index (χ2v) is 7.20. The molecule has 1 saturated heterocycles. The first-order chi connectivity index (χ1) is 15.5. The van der Waals surface area contributed by atoms with Crippen LogP contribution in [0.4, 0.5) is 26.8 Å². The highest BCUT2D eigenvalue weighted by Gasteiger charge is 2.16. The number of anilines is 2. The largest absolute Gasteiger partial charge is 0.491 e. The minimum Gasteiger partial charge on any atom is -0.491 e. The topological polar surface area (TPSA) is 109 Å². The third-order valence-electron chi connectivity index (χ3n) is 4.46. The number of nitrogens with zero attached hydrogens (tertiary/aromatic N) is 3. The minimum atomic E-state index is -0.530. The lowest BCUT2D eigenvalue weighted by atomic mass is 10.3. The van der Waals surface area contributed by atoms with Crippen molar-refractivity contribution in [1.29, 1.82) is 0 Å². The monoisotopic (exact) mass is 458 g/mol. The van der Waals surface area contributed by atoms with E-state index in [0.29, 0.717) is 73.8 Å². The van der Waals surface area contributed by atoms with Crippen LogP contribution < -0.4 is 20.7 Å².